The lowest BCUT2D eigenvalue weighted by atomic mass is 9.99. The highest BCUT2D eigenvalue weighted by Gasteiger charge is 2.48. The van der Waals surface area contributed by atoms with Crippen LogP contribution in [0.5, 0.6) is 0 Å². The number of ether oxygens (including phenoxy) is 4. The Bertz CT molecular complexity index is 1020. The van der Waals surface area contributed by atoms with Crippen molar-refractivity contribution in [1.29, 1.82) is 0 Å². The van der Waals surface area contributed by atoms with Crippen molar-refractivity contribution in [2.75, 3.05) is 26.4 Å². The van der Waals surface area contributed by atoms with E-state index >= 15 is 0 Å². The molecule has 1 aliphatic rings. The number of allylic oxidation sites excluding steroid dienone is 4. The van der Waals surface area contributed by atoms with Crippen LogP contribution in [0.15, 0.2) is 24.3 Å². The summed E-state index contributed by atoms with van der Waals surface area (Å²) in [4.78, 5) is 12.7. The molecule has 0 aromatic heterocycles. The van der Waals surface area contributed by atoms with Crippen LogP contribution < -0.4 is 0 Å². The SMILES string of the molecule is CCCC/C=C\C/C=C\CCCCCCCCOCC(COC1OC(CO)C(O)C(OS(=O)(=O)O)C1O)OC(=O)CCCCCCCCCCCC. The summed E-state index contributed by atoms with van der Waals surface area (Å²) in [5, 5.41) is 30.5. The van der Waals surface area contributed by atoms with Crippen molar-refractivity contribution >= 4 is 16.4 Å². The molecule has 0 bridgehead atoms. The largest absolute Gasteiger partial charge is 0.457 e. The first kappa shape index (κ1) is 48.6. The molecular weight excluding hydrogens is 692 g/mol. The van der Waals surface area contributed by atoms with E-state index in [0.717, 1.165) is 64.2 Å². The summed E-state index contributed by atoms with van der Waals surface area (Å²) in [6.45, 7) is 3.89. The van der Waals surface area contributed by atoms with Gasteiger partial charge >= 0.3 is 16.4 Å². The average Bonchev–Trinajstić information content (AvgIpc) is 3.11. The highest BCUT2D eigenvalue weighted by molar-refractivity contribution is 7.80. The minimum Gasteiger partial charge on any atom is -0.457 e. The zero-order valence-corrected chi connectivity index (χ0v) is 32.9. The molecule has 1 fully saturated rings. The van der Waals surface area contributed by atoms with Gasteiger partial charge in [-0.25, -0.2) is 4.18 Å². The molecule has 13 heteroatoms. The molecule has 0 saturated carbocycles. The van der Waals surface area contributed by atoms with Gasteiger partial charge < -0.3 is 34.3 Å². The Morgan fingerprint density at radius 3 is 1.88 bits per heavy atom. The number of hydrogen-bond acceptors (Lipinski definition) is 11. The number of carbonyl (C=O) groups excluding carboxylic acids is 1. The van der Waals surface area contributed by atoms with Gasteiger partial charge in [-0.15, -0.1) is 0 Å². The van der Waals surface area contributed by atoms with E-state index in [0.29, 0.717) is 13.0 Å². The van der Waals surface area contributed by atoms with E-state index in [-0.39, 0.29) is 19.6 Å². The summed E-state index contributed by atoms with van der Waals surface area (Å²) in [5.74, 6) is -0.406. The molecular formula is C39H72O12S. The molecule has 6 unspecified atom stereocenters. The molecule has 306 valence electrons. The first-order chi connectivity index (χ1) is 25.1. The summed E-state index contributed by atoms with van der Waals surface area (Å²) in [7, 11) is -5.05. The maximum Gasteiger partial charge on any atom is 0.397 e. The van der Waals surface area contributed by atoms with Gasteiger partial charge in [-0.1, -0.05) is 134 Å². The highest BCUT2D eigenvalue weighted by atomic mass is 32.3. The van der Waals surface area contributed by atoms with Gasteiger partial charge in [-0.05, 0) is 38.5 Å². The third-order valence-electron chi connectivity index (χ3n) is 9.08. The number of rotatable bonds is 34. The first-order valence-corrected chi connectivity index (χ1v) is 21.5. The third-order valence-corrected chi connectivity index (χ3v) is 9.54. The zero-order chi connectivity index (χ0) is 38.3. The molecule has 0 aromatic carbocycles. The van der Waals surface area contributed by atoms with Crippen LogP contribution in [0.4, 0.5) is 0 Å². The van der Waals surface area contributed by atoms with Gasteiger partial charge in [-0.2, -0.15) is 8.42 Å². The lowest BCUT2D eigenvalue weighted by Gasteiger charge is -2.41. The predicted molar refractivity (Wildman–Crippen MR) is 202 cm³/mol. The van der Waals surface area contributed by atoms with Gasteiger partial charge in [-0.3, -0.25) is 9.35 Å². The summed E-state index contributed by atoms with van der Waals surface area (Å²) in [6.07, 6.45) is 23.6. The molecule has 0 aromatic rings. The Balaban J connectivity index is 2.49. The second kappa shape index (κ2) is 31.9. The maximum absolute atomic E-state index is 12.7. The maximum atomic E-state index is 12.7. The molecule has 0 amide bonds. The molecule has 0 spiro atoms. The normalized spacial score (nSPS) is 21.7. The van der Waals surface area contributed by atoms with E-state index in [4.69, 9.17) is 23.5 Å². The van der Waals surface area contributed by atoms with Gasteiger partial charge in [0.2, 0.25) is 0 Å². The Hall–Kier alpha value is -1.42. The quantitative estimate of drug-likeness (QED) is 0.0223. The first-order valence-electron chi connectivity index (χ1n) is 20.1. The van der Waals surface area contributed by atoms with Gasteiger partial charge in [0, 0.05) is 13.0 Å². The standard InChI is InChI=1S/C39H72O12S/c1-3-5-7-9-11-13-15-16-17-18-19-21-23-25-27-29-47-31-33(49-35(41)28-26-24-22-20-14-12-10-8-6-4-2)32-48-39-37(43)38(51-52(44,45)46)36(42)34(30-40)50-39/h9,11,15-16,33-34,36-40,42-43H,3-8,10,12-14,17-32H2,1-2H3,(H,44,45,46)/b11-9-,16-15-. The Morgan fingerprint density at radius 2 is 1.29 bits per heavy atom. The van der Waals surface area contributed by atoms with Crippen molar-refractivity contribution in [2.24, 2.45) is 0 Å². The summed E-state index contributed by atoms with van der Waals surface area (Å²) in [5.41, 5.74) is 0. The lowest BCUT2D eigenvalue weighted by Crippen LogP contribution is -2.60. The number of esters is 1. The molecule has 1 saturated heterocycles. The molecule has 0 aliphatic carbocycles. The summed E-state index contributed by atoms with van der Waals surface area (Å²) < 4.78 is 58.8. The van der Waals surface area contributed by atoms with Crippen LogP contribution in [0.3, 0.4) is 0 Å². The Kier molecular flexibility index (Phi) is 29.8. The molecule has 52 heavy (non-hydrogen) atoms. The average molecular weight is 765 g/mol. The molecule has 12 nitrogen and oxygen atoms in total. The summed E-state index contributed by atoms with van der Waals surface area (Å²) >= 11 is 0. The molecule has 6 atom stereocenters. The number of aliphatic hydroxyl groups excluding tert-OH is 3. The van der Waals surface area contributed by atoms with Crippen molar-refractivity contribution in [2.45, 2.75) is 192 Å². The summed E-state index contributed by atoms with van der Waals surface area (Å²) in [6, 6.07) is 0. The van der Waals surface area contributed by atoms with Gasteiger partial charge in [0.25, 0.3) is 0 Å². The number of hydrogen-bond donors (Lipinski definition) is 4. The van der Waals surface area contributed by atoms with Crippen molar-refractivity contribution in [1.82, 2.24) is 0 Å². The van der Waals surface area contributed by atoms with E-state index in [1.807, 2.05) is 0 Å². The molecule has 0 radical (unpaired) electrons. The lowest BCUT2D eigenvalue weighted by molar-refractivity contribution is -0.301. The van der Waals surface area contributed by atoms with Crippen molar-refractivity contribution in [3.63, 3.8) is 0 Å². The minimum absolute atomic E-state index is 0.0315. The van der Waals surface area contributed by atoms with Crippen molar-refractivity contribution in [3.05, 3.63) is 24.3 Å². The molecule has 1 rings (SSSR count). The van der Waals surface area contributed by atoms with Crippen LogP contribution in [0.2, 0.25) is 0 Å². The van der Waals surface area contributed by atoms with Crippen LogP contribution in [0.1, 0.15) is 155 Å². The van der Waals surface area contributed by atoms with Crippen LogP contribution in [-0.2, 0) is 38.3 Å². The highest BCUT2D eigenvalue weighted by Crippen LogP contribution is 2.26. The van der Waals surface area contributed by atoms with Gasteiger partial charge in [0.15, 0.2) is 6.29 Å². The second-order valence-corrected chi connectivity index (χ2v) is 14.9. The topological polar surface area (TPSA) is 178 Å². The molecule has 4 N–H and O–H groups in total. The zero-order valence-electron chi connectivity index (χ0n) is 32.1. The Labute approximate surface area is 314 Å². The van der Waals surface area contributed by atoms with E-state index in [1.54, 1.807) is 0 Å². The third kappa shape index (κ3) is 25.6. The monoisotopic (exact) mass is 764 g/mol. The van der Waals surface area contributed by atoms with E-state index in [9.17, 15) is 28.5 Å². The van der Waals surface area contributed by atoms with Crippen molar-refractivity contribution in [3.8, 4) is 0 Å². The number of unbranched alkanes of at least 4 members (excludes halogenated alkanes) is 17. The van der Waals surface area contributed by atoms with Crippen LogP contribution in [0.25, 0.3) is 0 Å². The smallest absolute Gasteiger partial charge is 0.397 e. The molecule has 1 heterocycles. The van der Waals surface area contributed by atoms with E-state index < -0.39 is 59.8 Å². The molecule has 1 aliphatic heterocycles. The van der Waals surface area contributed by atoms with Crippen LogP contribution in [0, 0.1) is 0 Å². The van der Waals surface area contributed by atoms with E-state index in [1.165, 1.54) is 64.2 Å². The fraction of sp³-hybridized carbons (Fsp3) is 0.872. The predicted octanol–water partition coefficient (Wildman–Crippen LogP) is 7.29. The van der Waals surface area contributed by atoms with Gasteiger partial charge in [0.1, 0.15) is 30.5 Å². The van der Waals surface area contributed by atoms with Crippen LogP contribution >= 0.6 is 0 Å². The van der Waals surface area contributed by atoms with Crippen molar-refractivity contribution < 1.29 is 56.2 Å². The van der Waals surface area contributed by atoms with Crippen LogP contribution in [-0.4, -0.2) is 97.5 Å². The van der Waals surface area contributed by atoms with E-state index in [2.05, 4.69) is 42.3 Å². The van der Waals surface area contributed by atoms with Gasteiger partial charge in [0.05, 0.1) is 19.8 Å². The number of carbonyl (C=O) groups is 1. The second-order valence-electron chi connectivity index (χ2n) is 13.9. The number of aliphatic hydroxyl groups is 3. The fourth-order valence-corrected chi connectivity index (χ4v) is 6.49. The minimum atomic E-state index is -5.05. The Morgan fingerprint density at radius 1 is 0.731 bits per heavy atom. The fourth-order valence-electron chi connectivity index (χ4n) is 5.98.